The summed E-state index contributed by atoms with van der Waals surface area (Å²) >= 11 is 0. The van der Waals surface area contributed by atoms with Crippen molar-refractivity contribution in [1.82, 2.24) is 10.6 Å². The van der Waals surface area contributed by atoms with Gasteiger partial charge in [0.1, 0.15) is 5.54 Å². The Bertz CT molecular complexity index is 690. The van der Waals surface area contributed by atoms with Gasteiger partial charge in [0.05, 0.1) is 0 Å². The molecule has 0 amide bonds. The summed E-state index contributed by atoms with van der Waals surface area (Å²) in [6.45, 7) is 10.4. The molecule has 15 nitrogen and oxygen atoms in total. The maximum Gasteiger partial charge on any atom is 0.300 e. The predicted molar refractivity (Wildman–Crippen MR) is 140 cm³/mol. The maximum absolute atomic E-state index is 10.5. The van der Waals surface area contributed by atoms with E-state index in [1.807, 2.05) is 24.3 Å². The Hall–Kier alpha value is -3.91. The Morgan fingerprint density at radius 3 is 1.58 bits per heavy atom. The SMILES string of the molecule is CC(=O)O.CC(=O)O.CC(=O)O.CC(=O)O.CC(=O)O.CC(CNCC1(N=C=O)C=CC=CC1)NCCN. The van der Waals surface area contributed by atoms with Crippen molar-refractivity contribution < 1.29 is 54.3 Å². The number of carboxylic acid groups (broad SMARTS) is 5. The molecule has 1 aliphatic rings. The van der Waals surface area contributed by atoms with Crippen LogP contribution in [-0.4, -0.2) is 99.2 Å². The van der Waals surface area contributed by atoms with Gasteiger partial charge in [-0.1, -0.05) is 24.3 Å². The molecule has 0 fully saturated rings. The number of hydrogen-bond donors (Lipinski definition) is 8. The van der Waals surface area contributed by atoms with Gasteiger partial charge in [-0.3, -0.25) is 24.0 Å². The summed E-state index contributed by atoms with van der Waals surface area (Å²) in [5, 5.41) is 43.7. The van der Waals surface area contributed by atoms with E-state index in [0.29, 0.717) is 19.1 Å². The van der Waals surface area contributed by atoms with E-state index in [9.17, 15) is 4.79 Å². The molecule has 0 aromatic heterocycles. The number of isocyanates is 1. The first-order valence-corrected chi connectivity index (χ1v) is 10.9. The number of nitrogens with zero attached hydrogens (tertiary/aromatic N) is 1. The monoisotopic (exact) mass is 550 g/mol. The highest BCUT2D eigenvalue weighted by atomic mass is 16.4. The van der Waals surface area contributed by atoms with Crippen LogP contribution in [0.2, 0.25) is 0 Å². The molecule has 0 saturated heterocycles. The molecule has 0 heterocycles. The molecule has 2 unspecified atom stereocenters. The zero-order chi connectivity index (χ0) is 31.2. The fourth-order valence-electron chi connectivity index (χ4n) is 1.90. The van der Waals surface area contributed by atoms with E-state index in [1.165, 1.54) is 0 Å². The van der Waals surface area contributed by atoms with Crippen molar-refractivity contribution in [2.45, 2.75) is 59.5 Å². The first kappa shape index (κ1) is 44.1. The molecule has 1 aliphatic carbocycles. The highest BCUT2D eigenvalue weighted by Gasteiger charge is 2.26. The van der Waals surface area contributed by atoms with Crippen molar-refractivity contribution in [2.75, 3.05) is 26.2 Å². The van der Waals surface area contributed by atoms with E-state index in [0.717, 1.165) is 54.1 Å². The number of carbonyl (C=O) groups excluding carboxylic acids is 1. The quantitative estimate of drug-likeness (QED) is 0.152. The lowest BCUT2D eigenvalue weighted by molar-refractivity contribution is -0.135. The van der Waals surface area contributed by atoms with Gasteiger partial charge in [0, 0.05) is 66.8 Å². The molecule has 1 rings (SSSR count). The molecule has 0 aliphatic heterocycles. The summed E-state index contributed by atoms with van der Waals surface area (Å²) in [5.41, 5.74) is 4.96. The molecule has 0 radical (unpaired) electrons. The van der Waals surface area contributed by atoms with E-state index in [2.05, 4.69) is 22.5 Å². The van der Waals surface area contributed by atoms with Crippen LogP contribution in [-0.2, 0) is 28.8 Å². The van der Waals surface area contributed by atoms with Gasteiger partial charge in [-0.2, -0.15) is 4.99 Å². The zero-order valence-electron chi connectivity index (χ0n) is 22.6. The van der Waals surface area contributed by atoms with E-state index in [1.54, 1.807) is 6.08 Å². The lowest BCUT2D eigenvalue weighted by Gasteiger charge is -2.26. The molecule has 0 bridgehead atoms. The lowest BCUT2D eigenvalue weighted by Crippen LogP contribution is -2.44. The summed E-state index contributed by atoms with van der Waals surface area (Å²) in [7, 11) is 0. The number of aliphatic carboxylic acids is 5. The van der Waals surface area contributed by atoms with Gasteiger partial charge in [-0.05, 0) is 13.3 Å². The van der Waals surface area contributed by atoms with Crippen LogP contribution >= 0.6 is 0 Å². The Kier molecular flexibility index (Phi) is 36.1. The second-order valence-corrected chi connectivity index (χ2v) is 7.17. The van der Waals surface area contributed by atoms with Gasteiger partial charge in [0.25, 0.3) is 29.8 Å². The molecule has 38 heavy (non-hydrogen) atoms. The van der Waals surface area contributed by atoms with Crippen LogP contribution in [0.3, 0.4) is 0 Å². The van der Waals surface area contributed by atoms with Crippen LogP contribution in [0.1, 0.15) is 48.0 Å². The van der Waals surface area contributed by atoms with Crippen LogP contribution in [0.4, 0.5) is 0 Å². The fourth-order valence-corrected chi connectivity index (χ4v) is 1.90. The number of aliphatic imine (C=N–C) groups is 1. The van der Waals surface area contributed by atoms with Gasteiger partial charge >= 0.3 is 0 Å². The Morgan fingerprint density at radius 1 is 0.895 bits per heavy atom. The van der Waals surface area contributed by atoms with Gasteiger partial charge < -0.3 is 41.9 Å². The van der Waals surface area contributed by atoms with E-state index in [4.69, 9.17) is 55.2 Å². The van der Waals surface area contributed by atoms with Crippen LogP contribution < -0.4 is 16.4 Å². The molecule has 0 aromatic rings. The standard InChI is InChI=1S/C13H22N4O.5C2H4O2/c1-12(16-8-7-14)9-15-10-13(17-11-18)5-3-2-4-6-13;5*1-2(3)4/h2-5,12,15-16H,6-10,14H2,1H3;5*1H3,(H,3,4). The van der Waals surface area contributed by atoms with Gasteiger partial charge in [0.2, 0.25) is 6.08 Å². The molecule has 0 aromatic carbocycles. The lowest BCUT2D eigenvalue weighted by atomic mass is 9.92. The summed E-state index contributed by atoms with van der Waals surface area (Å²) in [4.78, 5) is 59.4. The number of nitrogens with one attached hydrogen (secondary N) is 2. The number of rotatable bonds is 8. The van der Waals surface area contributed by atoms with Crippen molar-refractivity contribution >= 4 is 35.9 Å². The Balaban J connectivity index is -0.000000148. The number of nitrogens with two attached hydrogens (primary N) is 1. The molecule has 0 saturated carbocycles. The van der Waals surface area contributed by atoms with Crippen molar-refractivity contribution in [1.29, 1.82) is 0 Å². The molecule has 9 N–H and O–H groups in total. The molecule has 15 heteroatoms. The van der Waals surface area contributed by atoms with E-state index in [-0.39, 0.29) is 0 Å². The highest BCUT2D eigenvalue weighted by molar-refractivity contribution is 5.63. The third-order valence-corrected chi connectivity index (χ3v) is 2.91. The average molecular weight is 551 g/mol. The second kappa shape index (κ2) is 31.1. The number of hydrogen-bond acceptors (Lipinski definition) is 10. The molecular formula is C23H42N4O11. The normalized spacial score (nSPS) is 14.5. The zero-order valence-corrected chi connectivity index (χ0v) is 22.6. The first-order valence-electron chi connectivity index (χ1n) is 10.9. The minimum Gasteiger partial charge on any atom is -0.481 e. The predicted octanol–water partition coefficient (Wildman–Crippen LogP) is 0.558. The topological polar surface area (TPSA) is 266 Å². The minimum atomic E-state index is -0.833. The van der Waals surface area contributed by atoms with Crippen LogP contribution in [0.15, 0.2) is 29.3 Å². The largest absolute Gasteiger partial charge is 0.481 e. The summed E-state index contributed by atoms with van der Waals surface area (Å²) < 4.78 is 0. The first-order chi connectivity index (χ1) is 17.4. The third kappa shape index (κ3) is 69.7. The highest BCUT2D eigenvalue weighted by Crippen LogP contribution is 2.21. The third-order valence-electron chi connectivity index (χ3n) is 2.91. The summed E-state index contributed by atoms with van der Waals surface area (Å²) in [5.74, 6) is -4.17. The van der Waals surface area contributed by atoms with E-state index < -0.39 is 35.4 Å². The van der Waals surface area contributed by atoms with Crippen molar-refractivity contribution in [2.24, 2.45) is 10.7 Å². The van der Waals surface area contributed by atoms with E-state index >= 15 is 0 Å². The average Bonchev–Trinajstić information content (AvgIpc) is 2.71. The van der Waals surface area contributed by atoms with Gasteiger partial charge in [0.15, 0.2) is 0 Å². The van der Waals surface area contributed by atoms with Gasteiger partial charge in [-0.15, -0.1) is 0 Å². The Labute approximate surface area is 222 Å². The summed E-state index contributed by atoms with van der Waals surface area (Å²) in [6, 6.07) is 0.342. The smallest absolute Gasteiger partial charge is 0.300 e. The van der Waals surface area contributed by atoms with Crippen molar-refractivity contribution in [3.05, 3.63) is 24.3 Å². The van der Waals surface area contributed by atoms with Crippen molar-refractivity contribution in [3.63, 3.8) is 0 Å². The molecule has 2 atom stereocenters. The minimum absolute atomic E-state index is 0.342. The molecule has 220 valence electrons. The molecular weight excluding hydrogens is 508 g/mol. The van der Waals surface area contributed by atoms with Crippen LogP contribution in [0, 0.1) is 0 Å². The van der Waals surface area contributed by atoms with Crippen LogP contribution in [0.25, 0.3) is 0 Å². The summed E-state index contributed by atoms with van der Waals surface area (Å²) in [6.07, 6.45) is 10.2. The Morgan fingerprint density at radius 2 is 1.29 bits per heavy atom. The van der Waals surface area contributed by atoms with Crippen LogP contribution in [0.5, 0.6) is 0 Å². The van der Waals surface area contributed by atoms with Gasteiger partial charge in [-0.25, -0.2) is 4.79 Å². The maximum atomic E-state index is 10.5. The number of allylic oxidation sites excluding steroid dienone is 2. The molecule has 0 spiro atoms. The number of carboxylic acids is 5. The fraction of sp³-hybridized carbons (Fsp3) is 0.565. The van der Waals surface area contributed by atoms with Crippen molar-refractivity contribution in [3.8, 4) is 0 Å². The number of carbonyl (C=O) groups is 5. The second-order valence-electron chi connectivity index (χ2n) is 7.17.